The van der Waals surface area contributed by atoms with E-state index in [0.717, 1.165) is 18.9 Å². The van der Waals surface area contributed by atoms with Crippen LogP contribution >= 0.6 is 0 Å². The maximum Gasteiger partial charge on any atom is 0.123 e. The molecule has 0 saturated heterocycles. The van der Waals surface area contributed by atoms with E-state index in [2.05, 4.69) is 26.1 Å². The van der Waals surface area contributed by atoms with Crippen LogP contribution in [0.2, 0.25) is 0 Å². The summed E-state index contributed by atoms with van der Waals surface area (Å²) in [5.74, 6) is 0.648. The van der Waals surface area contributed by atoms with Crippen LogP contribution in [0.3, 0.4) is 0 Å². The van der Waals surface area contributed by atoms with Crippen molar-refractivity contribution in [3.63, 3.8) is 0 Å². The first kappa shape index (κ1) is 15.2. The van der Waals surface area contributed by atoms with Gasteiger partial charge in [0.05, 0.1) is 0 Å². The molecule has 0 heterocycles. The lowest BCUT2D eigenvalue weighted by atomic mass is 10.1. The van der Waals surface area contributed by atoms with Gasteiger partial charge in [-0.25, -0.2) is 4.39 Å². The summed E-state index contributed by atoms with van der Waals surface area (Å²) in [6.45, 7) is 7.80. The molecule has 18 heavy (non-hydrogen) atoms. The largest absolute Gasteiger partial charge is 0.314 e. The van der Waals surface area contributed by atoms with Crippen LogP contribution in [0.25, 0.3) is 0 Å². The molecule has 1 N–H and O–H groups in total. The number of hydrogen-bond donors (Lipinski definition) is 1. The molecule has 0 aliphatic rings. The van der Waals surface area contributed by atoms with Crippen molar-refractivity contribution in [2.75, 3.05) is 6.54 Å². The van der Waals surface area contributed by atoms with E-state index < -0.39 is 0 Å². The summed E-state index contributed by atoms with van der Waals surface area (Å²) in [6.07, 6.45) is 4.82. The molecule has 0 amide bonds. The molecule has 1 unspecified atom stereocenters. The van der Waals surface area contributed by atoms with Crippen molar-refractivity contribution < 1.29 is 4.39 Å². The van der Waals surface area contributed by atoms with Crippen LogP contribution in [0.1, 0.15) is 45.6 Å². The highest BCUT2D eigenvalue weighted by Crippen LogP contribution is 2.07. The predicted molar refractivity (Wildman–Crippen MR) is 76.3 cm³/mol. The lowest BCUT2D eigenvalue weighted by Crippen LogP contribution is -2.29. The lowest BCUT2D eigenvalue weighted by Gasteiger charge is -2.14. The predicted octanol–water partition coefficient (Wildman–Crippen LogP) is 4.17. The average Bonchev–Trinajstić information content (AvgIpc) is 2.31. The minimum absolute atomic E-state index is 0.159. The lowest BCUT2D eigenvalue weighted by molar-refractivity contribution is 0.489. The van der Waals surface area contributed by atoms with Gasteiger partial charge < -0.3 is 5.32 Å². The molecule has 0 aliphatic carbocycles. The van der Waals surface area contributed by atoms with Gasteiger partial charge in [0, 0.05) is 6.04 Å². The molecular weight excluding hydrogens is 225 g/mol. The zero-order chi connectivity index (χ0) is 13.4. The smallest absolute Gasteiger partial charge is 0.123 e. The Kier molecular flexibility index (Phi) is 6.96. The summed E-state index contributed by atoms with van der Waals surface area (Å²) < 4.78 is 12.8. The summed E-state index contributed by atoms with van der Waals surface area (Å²) in [7, 11) is 0. The number of halogens is 1. The Hall–Kier alpha value is -0.890. The van der Waals surface area contributed by atoms with Gasteiger partial charge in [-0.15, -0.1) is 0 Å². The number of unbranched alkanes of at least 4 members (excludes halogenated alkanes) is 1. The molecule has 1 rings (SSSR count). The first-order chi connectivity index (χ1) is 8.58. The summed E-state index contributed by atoms with van der Waals surface area (Å²) in [5, 5.41) is 3.53. The SMILES string of the molecule is CC(C)CCCCNC(C)Cc1ccc(F)cc1. The van der Waals surface area contributed by atoms with E-state index in [9.17, 15) is 4.39 Å². The van der Waals surface area contributed by atoms with E-state index >= 15 is 0 Å². The minimum Gasteiger partial charge on any atom is -0.314 e. The molecule has 0 aliphatic heterocycles. The summed E-state index contributed by atoms with van der Waals surface area (Å²) in [4.78, 5) is 0. The van der Waals surface area contributed by atoms with Crippen molar-refractivity contribution in [2.24, 2.45) is 5.92 Å². The molecule has 0 radical (unpaired) electrons. The van der Waals surface area contributed by atoms with E-state index in [4.69, 9.17) is 0 Å². The fraction of sp³-hybridized carbons (Fsp3) is 0.625. The van der Waals surface area contributed by atoms with Gasteiger partial charge in [0.15, 0.2) is 0 Å². The molecule has 0 spiro atoms. The van der Waals surface area contributed by atoms with E-state index in [1.54, 1.807) is 0 Å². The summed E-state index contributed by atoms with van der Waals surface area (Å²) in [5.41, 5.74) is 1.19. The van der Waals surface area contributed by atoms with Crippen molar-refractivity contribution in [3.8, 4) is 0 Å². The minimum atomic E-state index is -0.159. The van der Waals surface area contributed by atoms with Gasteiger partial charge >= 0.3 is 0 Å². The Morgan fingerprint density at radius 2 is 1.72 bits per heavy atom. The van der Waals surface area contributed by atoms with Crippen LogP contribution in [-0.4, -0.2) is 12.6 Å². The number of rotatable bonds is 8. The van der Waals surface area contributed by atoms with Crippen LogP contribution in [0, 0.1) is 11.7 Å². The molecule has 1 nitrogen and oxygen atoms in total. The number of nitrogens with one attached hydrogen (secondary N) is 1. The first-order valence-corrected chi connectivity index (χ1v) is 7.05. The Labute approximate surface area is 111 Å². The van der Waals surface area contributed by atoms with E-state index in [1.807, 2.05) is 12.1 Å². The van der Waals surface area contributed by atoms with Gasteiger partial charge in [0.25, 0.3) is 0 Å². The number of benzene rings is 1. The van der Waals surface area contributed by atoms with Crippen LogP contribution in [-0.2, 0) is 6.42 Å². The zero-order valence-corrected chi connectivity index (χ0v) is 11.9. The van der Waals surface area contributed by atoms with Gasteiger partial charge in [-0.2, -0.15) is 0 Å². The highest BCUT2D eigenvalue weighted by molar-refractivity contribution is 5.16. The molecule has 102 valence electrons. The maximum atomic E-state index is 12.8. The average molecular weight is 251 g/mol. The highest BCUT2D eigenvalue weighted by Gasteiger charge is 2.03. The molecule has 1 aromatic carbocycles. The topological polar surface area (TPSA) is 12.0 Å². The van der Waals surface area contributed by atoms with E-state index in [-0.39, 0.29) is 5.82 Å². The maximum absolute atomic E-state index is 12.8. The van der Waals surface area contributed by atoms with Crippen molar-refractivity contribution in [1.82, 2.24) is 5.32 Å². The Bertz CT molecular complexity index is 318. The second-order valence-electron chi connectivity index (χ2n) is 5.58. The molecule has 0 saturated carbocycles. The third-order valence-corrected chi connectivity index (χ3v) is 3.16. The van der Waals surface area contributed by atoms with Crippen LogP contribution in [0.15, 0.2) is 24.3 Å². The fourth-order valence-electron chi connectivity index (χ4n) is 2.07. The summed E-state index contributed by atoms with van der Waals surface area (Å²) >= 11 is 0. The van der Waals surface area contributed by atoms with Crippen LogP contribution < -0.4 is 5.32 Å². The molecule has 0 aromatic heterocycles. The molecule has 1 atom stereocenters. The standard InChI is InChI=1S/C16H26FN/c1-13(2)6-4-5-11-18-14(3)12-15-7-9-16(17)10-8-15/h7-10,13-14,18H,4-6,11-12H2,1-3H3. The highest BCUT2D eigenvalue weighted by atomic mass is 19.1. The van der Waals surface area contributed by atoms with Gasteiger partial charge in [-0.1, -0.05) is 38.8 Å². The van der Waals surface area contributed by atoms with E-state index in [0.29, 0.717) is 6.04 Å². The Morgan fingerprint density at radius 3 is 2.33 bits per heavy atom. The Morgan fingerprint density at radius 1 is 1.06 bits per heavy atom. The van der Waals surface area contributed by atoms with Crippen molar-refractivity contribution in [3.05, 3.63) is 35.6 Å². The van der Waals surface area contributed by atoms with Crippen LogP contribution in [0.4, 0.5) is 4.39 Å². The first-order valence-electron chi connectivity index (χ1n) is 7.05. The van der Waals surface area contributed by atoms with Gasteiger partial charge in [-0.05, 0) is 49.9 Å². The summed E-state index contributed by atoms with van der Waals surface area (Å²) in [6, 6.07) is 7.25. The zero-order valence-electron chi connectivity index (χ0n) is 11.9. The molecule has 0 bridgehead atoms. The quantitative estimate of drug-likeness (QED) is 0.684. The second kappa shape index (κ2) is 8.25. The third kappa shape index (κ3) is 6.75. The van der Waals surface area contributed by atoms with Crippen molar-refractivity contribution in [2.45, 2.75) is 52.5 Å². The van der Waals surface area contributed by atoms with Crippen molar-refractivity contribution in [1.29, 1.82) is 0 Å². The fourth-order valence-corrected chi connectivity index (χ4v) is 2.07. The van der Waals surface area contributed by atoms with Crippen LogP contribution in [0.5, 0.6) is 0 Å². The van der Waals surface area contributed by atoms with E-state index in [1.165, 1.54) is 37.0 Å². The normalized spacial score (nSPS) is 12.9. The number of hydrogen-bond acceptors (Lipinski definition) is 1. The van der Waals surface area contributed by atoms with Crippen molar-refractivity contribution >= 4 is 0 Å². The molecule has 2 heteroatoms. The Balaban J connectivity index is 2.13. The molecule has 1 aromatic rings. The molecule has 0 fully saturated rings. The second-order valence-corrected chi connectivity index (χ2v) is 5.58. The van der Waals surface area contributed by atoms with Gasteiger partial charge in [-0.3, -0.25) is 0 Å². The monoisotopic (exact) mass is 251 g/mol. The van der Waals surface area contributed by atoms with Gasteiger partial charge in [0.1, 0.15) is 5.82 Å². The van der Waals surface area contributed by atoms with Gasteiger partial charge in [0.2, 0.25) is 0 Å². The third-order valence-electron chi connectivity index (χ3n) is 3.16. The molecular formula is C16H26FN.